The maximum absolute atomic E-state index is 12.3. The Morgan fingerprint density at radius 1 is 1.55 bits per heavy atom. The summed E-state index contributed by atoms with van der Waals surface area (Å²) in [6.07, 6.45) is 3.45. The number of aromatic amines is 1. The largest absolute Gasteiger partial charge is 0.377 e. The van der Waals surface area contributed by atoms with Crippen molar-refractivity contribution in [3.8, 4) is 0 Å². The van der Waals surface area contributed by atoms with E-state index < -0.39 is 6.04 Å². The first-order valence-corrected chi connectivity index (χ1v) is 7.62. The molecule has 20 heavy (non-hydrogen) atoms. The second kappa shape index (κ2) is 5.68. The predicted molar refractivity (Wildman–Crippen MR) is 80.7 cm³/mol. The third-order valence-electron chi connectivity index (χ3n) is 3.41. The third kappa shape index (κ3) is 2.80. The fraction of sp³-hybridized carbons (Fsp3) is 0.583. The number of ether oxygens (including phenoxy) is 1. The summed E-state index contributed by atoms with van der Waals surface area (Å²) < 4.78 is 5.90. The van der Waals surface area contributed by atoms with Crippen LogP contribution in [0.1, 0.15) is 12.8 Å². The van der Waals surface area contributed by atoms with Crippen LogP contribution in [0, 0.1) is 3.57 Å². The number of H-pyrrole nitrogens is 1. The van der Waals surface area contributed by atoms with Crippen LogP contribution in [0.15, 0.2) is 11.1 Å². The second-order valence-electron chi connectivity index (χ2n) is 4.94. The molecule has 2 heterocycles. The van der Waals surface area contributed by atoms with Crippen LogP contribution in [0.2, 0.25) is 0 Å². The second-order valence-corrected chi connectivity index (χ2v) is 6.01. The number of halogens is 1. The minimum Gasteiger partial charge on any atom is -0.377 e. The van der Waals surface area contributed by atoms with E-state index in [0.717, 1.165) is 12.8 Å². The molecule has 1 aliphatic carbocycles. The Kier molecular flexibility index (Phi) is 3.92. The van der Waals surface area contributed by atoms with Crippen LogP contribution >= 0.6 is 22.6 Å². The van der Waals surface area contributed by atoms with E-state index in [9.17, 15) is 9.59 Å². The minimum absolute atomic E-state index is 0.0509. The number of carbonyl (C=O) groups excluding carboxylic acids is 1. The van der Waals surface area contributed by atoms with Gasteiger partial charge in [0.2, 0.25) is 5.91 Å². The van der Waals surface area contributed by atoms with Crippen LogP contribution in [-0.4, -0.2) is 47.7 Å². The summed E-state index contributed by atoms with van der Waals surface area (Å²) >= 11 is 1.96. The van der Waals surface area contributed by atoms with Crippen LogP contribution in [0.25, 0.3) is 0 Å². The van der Waals surface area contributed by atoms with Gasteiger partial charge in [0.25, 0.3) is 5.56 Å². The van der Waals surface area contributed by atoms with Crippen molar-refractivity contribution in [2.45, 2.75) is 24.9 Å². The molecule has 0 bridgehead atoms. The third-order valence-corrected chi connectivity index (χ3v) is 4.38. The van der Waals surface area contributed by atoms with Crippen molar-refractivity contribution in [1.82, 2.24) is 15.3 Å². The average molecular weight is 390 g/mol. The first-order chi connectivity index (χ1) is 9.66. The van der Waals surface area contributed by atoms with Gasteiger partial charge in [0.05, 0.1) is 19.5 Å². The average Bonchev–Trinajstić information content (AvgIpc) is 3.26. The zero-order chi connectivity index (χ0) is 14.1. The van der Waals surface area contributed by atoms with Gasteiger partial charge in [-0.25, -0.2) is 4.98 Å². The number of nitrogens with one attached hydrogen (secondary N) is 2. The number of nitrogens with zero attached hydrogens (tertiary/aromatic N) is 2. The first-order valence-electron chi connectivity index (χ1n) is 6.55. The first kappa shape index (κ1) is 13.8. The van der Waals surface area contributed by atoms with Gasteiger partial charge in [-0.3, -0.25) is 9.59 Å². The predicted octanol–water partition coefficient (Wildman–Crippen LogP) is -0.142. The van der Waals surface area contributed by atoms with Gasteiger partial charge in [-0.15, -0.1) is 0 Å². The molecule has 8 heteroatoms. The zero-order valence-corrected chi connectivity index (χ0v) is 12.9. The Morgan fingerprint density at radius 2 is 2.35 bits per heavy atom. The van der Waals surface area contributed by atoms with Crippen LogP contribution in [0.5, 0.6) is 0 Å². The Labute approximate surface area is 129 Å². The van der Waals surface area contributed by atoms with E-state index in [1.165, 1.54) is 6.33 Å². The smallest absolute Gasteiger partial charge is 0.266 e. The van der Waals surface area contributed by atoms with Gasteiger partial charge < -0.3 is 19.9 Å². The number of aromatic nitrogens is 2. The van der Waals surface area contributed by atoms with Gasteiger partial charge in [-0.1, -0.05) is 0 Å². The quantitative estimate of drug-likeness (QED) is 0.702. The highest BCUT2D eigenvalue weighted by molar-refractivity contribution is 14.1. The van der Waals surface area contributed by atoms with Gasteiger partial charge in [-0.05, 0) is 35.4 Å². The molecule has 1 aromatic rings. The van der Waals surface area contributed by atoms with E-state index >= 15 is 0 Å². The molecule has 1 aliphatic heterocycles. The minimum atomic E-state index is -0.424. The highest BCUT2D eigenvalue weighted by Gasteiger charge is 2.34. The molecule has 0 aromatic carbocycles. The fourth-order valence-electron chi connectivity index (χ4n) is 2.17. The molecule has 2 fully saturated rings. The van der Waals surface area contributed by atoms with Crippen molar-refractivity contribution in [3.05, 3.63) is 20.3 Å². The van der Waals surface area contributed by atoms with Gasteiger partial charge in [0.15, 0.2) is 0 Å². The standard InChI is InChI=1S/C12H15IN4O3/c13-9-10(14-6-15-12(9)19)17-3-4-20-5-8(17)11(18)16-7-1-2-7/h6-8H,1-5H2,(H,16,18)(H,14,15,19). The van der Waals surface area contributed by atoms with E-state index in [2.05, 4.69) is 15.3 Å². The number of morpholine rings is 1. The number of hydrogen-bond acceptors (Lipinski definition) is 5. The zero-order valence-electron chi connectivity index (χ0n) is 10.8. The van der Waals surface area contributed by atoms with Gasteiger partial charge in [0.1, 0.15) is 15.4 Å². The molecule has 1 aromatic heterocycles. The van der Waals surface area contributed by atoms with Crippen molar-refractivity contribution in [1.29, 1.82) is 0 Å². The van der Waals surface area contributed by atoms with Crippen LogP contribution in [0.4, 0.5) is 5.82 Å². The van der Waals surface area contributed by atoms with E-state index in [0.29, 0.717) is 35.2 Å². The van der Waals surface area contributed by atoms with Crippen LogP contribution < -0.4 is 15.8 Å². The molecule has 1 saturated carbocycles. The molecule has 2 N–H and O–H groups in total. The van der Waals surface area contributed by atoms with Gasteiger partial charge in [0, 0.05) is 12.6 Å². The Balaban J connectivity index is 1.85. The number of anilines is 1. The number of carbonyl (C=O) groups is 1. The summed E-state index contributed by atoms with van der Waals surface area (Å²) in [5.74, 6) is 0.499. The summed E-state index contributed by atoms with van der Waals surface area (Å²) in [5, 5.41) is 2.98. The lowest BCUT2D eigenvalue weighted by Gasteiger charge is -2.35. The fourth-order valence-corrected chi connectivity index (χ4v) is 2.78. The Hall–Kier alpha value is -1.16. The summed E-state index contributed by atoms with van der Waals surface area (Å²) in [7, 11) is 0. The Morgan fingerprint density at radius 3 is 3.10 bits per heavy atom. The SMILES string of the molecule is O=C(NC1CC1)C1COCCN1c1nc[nH]c(=O)c1I. The lowest BCUT2D eigenvalue weighted by atomic mass is 10.2. The number of amides is 1. The van der Waals surface area contributed by atoms with Crippen LogP contribution in [0.3, 0.4) is 0 Å². The van der Waals surface area contributed by atoms with Gasteiger partial charge in [-0.2, -0.15) is 0 Å². The molecule has 0 radical (unpaired) electrons. The number of hydrogen-bond donors (Lipinski definition) is 2. The summed E-state index contributed by atoms with van der Waals surface area (Å²) in [6, 6.07) is -0.121. The molecule has 1 amide bonds. The highest BCUT2D eigenvalue weighted by atomic mass is 127. The topological polar surface area (TPSA) is 87.3 Å². The summed E-state index contributed by atoms with van der Waals surface area (Å²) in [6.45, 7) is 1.40. The molecule has 3 rings (SSSR count). The molecule has 1 unspecified atom stereocenters. The van der Waals surface area contributed by atoms with E-state index in [1.807, 2.05) is 27.5 Å². The van der Waals surface area contributed by atoms with Crippen molar-refractivity contribution >= 4 is 34.3 Å². The molecule has 2 aliphatic rings. The van der Waals surface area contributed by atoms with Crippen LogP contribution in [-0.2, 0) is 9.53 Å². The number of rotatable bonds is 3. The van der Waals surface area contributed by atoms with Crippen molar-refractivity contribution < 1.29 is 9.53 Å². The van der Waals surface area contributed by atoms with E-state index in [-0.39, 0.29) is 11.5 Å². The summed E-state index contributed by atoms with van der Waals surface area (Å²) in [5.41, 5.74) is -0.191. The Bertz CT molecular complexity index is 572. The monoisotopic (exact) mass is 390 g/mol. The molecule has 1 saturated heterocycles. The lowest BCUT2D eigenvalue weighted by Crippen LogP contribution is -2.55. The summed E-state index contributed by atoms with van der Waals surface area (Å²) in [4.78, 5) is 32.6. The maximum Gasteiger partial charge on any atom is 0.266 e. The molecule has 1 atom stereocenters. The van der Waals surface area contributed by atoms with Gasteiger partial charge >= 0.3 is 0 Å². The van der Waals surface area contributed by atoms with Crippen molar-refractivity contribution in [2.24, 2.45) is 0 Å². The molecule has 0 spiro atoms. The maximum atomic E-state index is 12.3. The van der Waals surface area contributed by atoms with E-state index in [4.69, 9.17) is 4.74 Å². The normalized spacial score (nSPS) is 22.6. The van der Waals surface area contributed by atoms with E-state index in [1.54, 1.807) is 0 Å². The van der Waals surface area contributed by atoms with Crippen molar-refractivity contribution in [3.63, 3.8) is 0 Å². The molecular formula is C12H15IN4O3. The van der Waals surface area contributed by atoms with Crippen molar-refractivity contribution in [2.75, 3.05) is 24.7 Å². The molecule has 108 valence electrons. The molecule has 7 nitrogen and oxygen atoms in total. The lowest BCUT2D eigenvalue weighted by molar-refractivity contribution is -0.124. The highest BCUT2D eigenvalue weighted by Crippen LogP contribution is 2.23. The molecular weight excluding hydrogens is 375 g/mol.